The Bertz CT molecular complexity index is 749. The Balaban J connectivity index is 1.70. The van der Waals surface area contributed by atoms with Crippen LogP contribution in [0.3, 0.4) is 0 Å². The standard InChI is InChI=1S/C19H22N2O2S/c1-12-3-6-15(7-4-12)19-17(24-13(2)20-19)10-18(23)21-16-8-5-14(9-16)11-22/h3-8,14,16,22H,9-11H2,1-2H3,(H,21,23)/t14-,16+/m0/s1. The van der Waals surface area contributed by atoms with Crippen LogP contribution >= 0.6 is 11.3 Å². The number of aromatic nitrogens is 1. The fraction of sp³-hybridized carbons (Fsp3) is 0.368. The van der Waals surface area contributed by atoms with Crippen LogP contribution in [0.1, 0.15) is 21.9 Å². The van der Waals surface area contributed by atoms with Crippen LogP contribution in [-0.2, 0) is 11.2 Å². The molecule has 2 N–H and O–H groups in total. The van der Waals surface area contributed by atoms with Crippen molar-refractivity contribution in [2.45, 2.75) is 32.7 Å². The number of carbonyl (C=O) groups excluding carboxylic acids is 1. The number of amides is 1. The minimum Gasteiger partial charge on any atom is -0.396 e. The van der Waals surface area contributed by atoms with Gasteiger partial charge in [-0.25, -0.2) is 4.98 Å². The largest absolute Gasteiger partial charge is 0.396 e. The van der Waals surface area contributed by atoms with Crippen LogP contribution in [0.4, 0.5) is 0 Å². The topological polar surface area (TPSA) is 62.2 Å². The Labute approximate surface area is 146 Å². The molecule has 2 atom stereocenters. The first kappa shape index (κ1) is 16.9. The number of nitrogens with zero attached hydrogens (tertiary/aromatic N) is 1. The van der Waals surface area contributed by atoms with E-state index in [-0.39, 0.29) is 24.5 Å². The van der Waals surface area contributed by atoms with Crippen LogP contribution in [0.5, 0.6) is 0 Å². The van der Waals surface area contributed by atoms with E-state index in [2.05, 4.69) is 41.5 Å². The number of aliphatic hydroxyl groups excluding tert-OH is 1. The molecule has 24 heavy (non-hydrogen) atoms. The van der Waals surface area contributed by atoms with Crippen LogP contribution in [0.2, 0.25) is 0 Å². The molecule has 0 bridgehead atoms. The average molecular weight is 342 g/mol. The molecule has 0 radical (unpaired) electrons. The molecule has 3 rings (SSSR count). The Morgan fingerprint density at radius 2 is 2.04 bits per heavy atom. The summed E-state index contributed by atoms with van der Waals surface area (Å²) in [6.07, 6.45) is 5.05. The lowest BCUT2D eigenvalue weighted by Crippen LogP contribution is -2.33. The second kappa shape index (κ2) is 7.28. The number of hydrogen-bond acceptors (Lipinski definition) is 4. The molecule has 126 valence electrons. The van der Waals surface area contributed by atoms with Crippen LogP contribution in [0.25, 0.3) is 11.3 Å². The van der Waals surface area contributed by atoms with E-state index < -0.39 is 0 Å². The number of hydrogen-bond donors (Lipinski definition) is 2. The highest BCUT2D eigenvalue weighted by atomic mass is 32.1. The van der Waals surface area contributed by atoms with Gasteiger partial charge in [-0.2, -0.15) is 0 Å². The minimum atomic E-state index is 0.000233. The second-order valence-corrected chi connectivity index (χ2v) is 7.57. The van der Waals surface area contributed by atoms with Crippen molar-refractivity contribution in [2.24, 2.45) is 5.92 Å². The first-order valence-electron chi connectivity index (χ1n) is 8.17. The van der Waals surface area contributed by atoms with Gasteiger partial charge in [-0.05, 0) is 20.3 Å². The normalized spacial score (nSPS) is 19.6. The summed E-state index contributed by atoms with van der Waals surface area (Å²) in [5.41, 5.74) is 3.16. The Morgan fingerprint density at radius 1 is 1.29 bits per heavy atom. The number of aryl methyl sites for hydroxylation is 2. The molecule has 1 aromatic carbocycles. The van der Waals surface area contributed by atoms with Crippen molar-refractivity contribution in [3.05, 3.63) is 51.9 Å². The Kier molecular flexibility index (Phi) is 5.11. The van der Waals surface area contributed by atoms with Crippen molar-refractivity contribution in [1.82, 2.24) is 10.3 Å². The van der Waals surface area contributed by atoms with Crippen molar-refractivity contribution in [2.75, 3.05) is 6.61 Å². The number of benzene rings is 1. The van der Waals surface area contributed by atoms with Gasteiger partial charge in [0.15, 0.2) is 0 Å². The van der Waals surface area contributed by atoms with Gasteiger partial charge in [0, 0.05) is 29.0 Å². The molecule has 4 nitrogen and oxygen atoms in total. The van der Waals surface area contributed by atoms with Gasteiger partial charge in [-0.1, -0.05) is 42.0 Å². The number of nitrogens with one attached hydrogen (secondary N) is 1. The molecule has 1 heterocycles. The van der Waals surface area contributed by atoms with Crippen molar-refractivity contribution < 1.29 is 9.90 Å². The lowest BCUT2D eigenvalue weighted by atomic mass is 10.1. The zero-order chi connectivity index (χ0) is 17.1. The van der Waals surface area contributed by atoms with Crippen LogP contribution in [0, 0.1) is 19.8 Å². The first-order chi connectivity index (χ1) is 11.5. The minimum absolute atomic E-state index is 0.000233. The van der Waals surface area contributed by atoms with Gasteiger partial charge in [0.2, 0.25) is 5.91 Å². The smallest absolute Gasteiger partial charge is 0.225 e. The molecule has 0 unspecified atom stereocenters. The third kappa shape index (κ3) is 3.91. The van der Waals surface area contributed by atoms with E-state index >= 15 is 0 Å². The number of carbonyl (C=O) groups is 1. The van der Waals surface area contributed by atoms with Crippen molar-refractivity contribution >= 4 is 17.2 Å². The van der Waals surface area contributed by atoms with Crippen LogP contribution in [0.15, 0.2) is 36.4 Å². The summed E-state index contributed by atoms with van der Waals surface area (Å²) < 4.78 is 0. The zero-order valence-electron chi connectivity index (χ0n) is 14.0. The van der Waals surface area contributed by atoms with E-state index in [0.29, 0.717) is 6.42 Å². The average Bonchev–Trinajstić information content (AvgIpc) is 3.14. The van der Waals surface area contributed by atoms with Crippen LogP contribution < -0.4 is 5.32 Å². The second-order valence-electron chi connectivity index (χ2n) is 6.28. The lowest BCUT2D eigenvalue weighted by molar-refractivity contribution is -0.120. The first-order valence-corrected chi connectivity index (χ1v) is 8.98. The van der Waals surface area contributed by atoms with Gasteiger partial charge in [0.1, 0.15) is 0 Å². The van der Waals surface area contributed by atoms with Gasteiger partial charge in [0.05, 0.1) is 17.1 Å². The summed E-state index contributed by atoms with van der Waals surface area (Å²) in [6.45, 7) is 4.16. The Hall–Kier alpha value is -1.98. The lowest BCUT2D eigenvalue weighted by Gasteiger charge is -2.12. The van der Waals surface area contributed by atoms with Crippen molar-refractivity contribution in [3.63, 3.8) is 0 Å². The maximum atomic E-state index is 12.4. The molecule has 0 spiro atoms. The number of aliphatic hydroxyl groups is 1. The van der Waals surface area contributed by atoms with E-state index in [1.807, 2.05) is 19.1 Å². The van der Waals surface area contributed by atoms with E-state index in [1.54, 1.807) is 11.3 Å². The number of thiazole rings is 1. The summed E-state index contributed by atoms with van der Waals surface area (Å²) >= 11 is 1.57. The SMILES string of the molecule is Cc1ccc(-c2nc(C)sc2CC(=O)N[C@@H]2C=C[C@H](CO)C2)cc1. The predicted octanol–water partition coefficient (Wildman–Crippen LogP) is 3.02. The highest BCUT2D eigenvalue weighted by Gasteiger charge is 2.21. The van der Waals surface area contributed by atoms with Gasteiger partial charge >= 0.3 is 0 Å². The molecular formula is C19H22N2O2S. The molecular weight excluding hydrogens is 320 g/mol. The molecule has 1 aliphatic carbocycles. The molecule has 1 aliphatic rings. The molecule has 1 aromatic heterocycles. The summed E-state index contributed by atoms with van der Waals surface area (Å²) in [5.74, 6) is 0.157. The molecule has 0 saturated carbocycles. The van der Waals surface area contributed by atoms with Gasteiger partial charge in [-0.3, -0.25) is 4.79 Å². The van der Waals surface area contributed by atoms with Gasteiger partial charge in [-0.15, -0.1) is 11.3 Å². The Morgan fingerprint density at radius 3 is 2.71 bits per heavy atom. The maximum absolute atomic E-state index is 12.4. The van der Waals surface area contributed by atoms with Crippen molar-refractivity contribution in [3.8, 4) is 11.3 Å². The summed E-state index contributed by atoms with van der Waals surface area (Å²) in [5, 5.41) is 13.2. The van der Waals surface area contributed by atoms with Crippen molar-refractivity contribution in [1.29, 1.82) is 0 Å². The molecule has 2 aromatic rings. The zero-order valence-corrected chi connectivity index (χ0v) is 14.8. The van der Waals surface area contributed by atoms with E-state index in [9.17, 15) is 4.79 Å². The highest BCUT2D eigenvalue weighted by molar-refractivity contribution is 7.12. The van der Waals surface area contributed by atoms with Gasteiger partial charge in [0.25, 0.3) is 0 Å². The van der Waals surface area contributed by atoms with E-state index in [1.165, 1.54) is 5.56 Å². The fourth-order valence-electron chi connectivity index (χ4n) is 2.95. The predicted molar refractivity (Wildman–Crippen MR) is 97.0 cm³/mol. The molecule has 1 amide bonds. The quantitative estimate of drug-likeness (QED) is 0.821. The maximum Gasteiger partial charge on any atom is 0.225 e. The monoisotopic (exact) mass is 342 g/mol. The summed E-state index contributed by atoms with van der Waals surface area (Å²) in [6, 6.07) is 8.25. The third-order valence-electron chi connectivity index (χ3n) is 4.20. The summed E-state index contributed by atoms with van der Waals surface area (Å²) in [7, 11) is 0. The fourth-order valence-corrected chi connectivity index (χ4v) is 3.90. The molecule has 0 saturated heterocycles. The molecule has 0 aliphatic heterocycles. The highest BCUT2D eigenvalue weighted by Crippen LogP contribution is 2.29. The summed E-state index contributed by atoms with van der Waals surface area (Å²) in [4.78, 5) is 18.0. The van der Waals surface area contributed by atoms with E-state index in [0.717, 1.165) is 27.6 Å². The third-order valence-corrected chi connectivity index (χ3v) is 5.17. The van der Waals surface area contributed by atoms with Crippen LogP contribution in [-0.4, -0.2) is 28.6 Å². The van der Waals surface area contributed by atoms with Gasteiger partial charge < -0.3 is 10.4 Å². The molecule has 0 fully saturated rings. The molecule has 5 heteroatoms. The van der Waals surface area contributed by atoms with E-state index in [4.69, 9.17) is 5.11 Å². The number of rotatable bonds is 5.